The van der Waals surface area contributed by atoms with E-state index < -0.39 is 6.10 Å². The Morgan fingerprint density at radius 3 is 2.61 bits per heavy atom. The number of carbonyl (C=O) groups is 1. The van der Waals surface area contributed by atoms with E-state index in [-0.39, 0.29) is 23.7 Å². The number of ketones is 1. The Morgan fingerprint density at radius 2 is 2.11 bits per heavy atom. The lowest BCUT2D eigenvalue weighted by molar-refractivity contribution is 0.0991. The summed E-state index contributed by atoms with van der Waals surface area (Å²) < 4.78 is 5.34. The maximum Gasteiger partial charge on any atom is 0.167 e. The third kappa shape index (κ3) is 3.47. The summed E-state index contributed by atoms with van der Waals surface area (Å²) in [5.41, 5.74) is 0.939. The number of hydrogen-bond acceptors (Lipinski definition) is 4. The van der Waals surface area contributed by atoms with E-state index in [1.807, 2.05) is 6.92 Å². The fourth-order valence-electron chi connectivity index (χ4n) is 1.76. The van der Waals surface area contributed by atoms with Gasteiger partial charge in [0.2, 0.25) is 0 Å². The van der Waals surface area contributed by atoms with Crippen molar-refractivity contribution in [2.24, 2.45) is 0 Å². The normalized spacial score (nSPS) is 12.2. The third-order valence-electron chi connectivity index (χ3n) is 2.57. The first kappa shape index (κ1) is 14.5. The number of aliphatic hydroxyl groups is 1. The van der Waals surface area contributed by atoms with Gasteiger partial charge in [0.25, 0.3) is 0 Å². The molecule has 0 radical (unpaired) electrons. The molecule has 0 bridgehead atoms. The van der Waals surface area contributed by atoms with E-state index in [2.05, 4.69) is 0 Å². The van der Waals surface area contributed by atoms with Gasteiger partial charge in [0.05, 0.1) is 6.10 Å². The van der Waals surface area contributed by atoms with Crippen LogP contribution in [0.15, 0.2) is 12.1 Å². The van der Waals surface area contributed by atoms with Crippen LogP contribution in [-0.4, -0.2) is 28.7 Å². The lowest BCUT2D eigenvalue weighted by Crippen LogP contribution is -2.14. The standard InChI is InChI=1S/C14H20O4/c1-4-5-11-6-7-12(18-8-9(2)15)13(10(3)16)14(11)17/h6-7,9,15,17H,4-5,8H2,1-3H3. The number of phenolic OH excluding ortho intramolecular Hbond substituents is 1. The van der Waals surface area contributed by atoms with Gasteiger partial charge in [-0.1, -0.05) is 19.4 Å². The molecule has 100 valence electrons. The molecule has 0 heterocycles. The second kappa shape index (κ2) is 6.40. The molecular weight excluding hydrogens is 232 g/mol. The van der Waals surface area contributed by atoms with Crippen LogP contribution < -0.4 is 4.74 Å². The van der Waals surface area contributed by atoms with Crippen LogP contribution in [0.5, 0.6) is 11.5 Å². The monoisotopic (exact) mass is 252 g/mol. The first-order valence-corrected chi connectivity index (χ1v) is 6.14. The molecule has 1 unspecified atom stereocenters. The highest BCUT2D eigenvalue weighted by molar-refractivity contribution is 5.99. The van der Waals surface area contributed by atoms with Gasteiger partial charge in [-0.2, -0.15) is 0 Å². The van der Waals surface area contributed by atoms with Crippen molar-refractivity contribution >= 4 is 5.78 Å². The Bertz CT molecular complexity index is 424. The number of ether oxygens (including phenoxy) is 1. The molecule has 4 heteroatoms. The van der Waals surface area contributed by atoms with Gasteiger partial charge >= 0.3 is 0 Å². The summed E-state index contributed by atoms with van der Waals surface area (Å²) in [5, 5.41) is 19.3. The quantitative estimate of drug-likeness (QED) is 0.762. The van der Waals surface area contributed by atoms with Gasteiger partial charge in [0.15, 0.2) is 5.78 Å². The number of aromatic hydroxyl groups is 1. The van der Waals surface area contributed by atoms with Gasteiger partial charge in [-0.05, 0) is 31.9 Å². The van der Waals surface area contributed by atoms with Gasteiger partial charge in [-0.3, -0.25) is 4.79 Å². The Hall–Kier alpha value is -1.55. The second-order valence-corrected chi connectivity index (χ2v) is 4.41. The first-order chi connectivity index (χ1) is 8.47. The molecule has 1 atom stereocenters. The van der Waals surface area contributed by atoms with E-state index in [1.54, 1.807) is 19.1 Å². The molecule has 0 fully saturated rings. The van der Waals surface area contributed by atoms with Crippen LogP contribution in [0.25, 0.3) is 0 Å². The minimum absolute atomic E-state index is 0.00700. The van der Waals surface area contributed by atoms with Gasteiger partial charge in [-0.25, -0.2) is 0 Å². The Kier molecular flexibility index (Phi) is 5.16. The van der Waals surface area contributed by atoms with E-state index in [1.165, 1.54) is 6.92 Å². The van der Waals surface area contributed by atoms with Crippen LogP contribution in [0.1, 0.15) is 43.1 Å². The Morgan fingerprint density at radius 1 is 1.44 bits per heavy atom. The number of hydrogen-bond donors (Lipinski definition) is 2. The maximum absolute atomic E-state index is 11.6. The smallest absolute Gasteiger partial charge is 0.167 e. The van der Waals surface area contributed by atoms with Crippen molar-refractivity contribution < 1.29 is 19.7 Å². The van der Waals surface area contributed by atoms with Crippen LogP contribution in [0, 0.1) is 0 Å². The topological polar surface area (TPSA) is 66.8 Å². The first-order valence-electron chi connectivity index (χ1n) is 6.14. The summed E-state index contributed by atoms with van der Waals surface area (Å²) in [5.74, 6) is 0.0687. The van der Waals surface area contributed by atoms with Crippen LogP contribution >= 0.6 is 0 Å². The van der Waals surface area contributed by atoms with Crippen molar-refractivity contribution in [3.05, 3.63) is 23.3 Å². The number of aryl methyl sites for hydroxylation is 1. The summed E-state index contributed by atoms with van der Waals surface area (Å²) in [6.45, 7) is 5.08. The highest BCUT2D eigenvalue weighted by Crippen LogP contribution is 2.32. The van der Waals surface area contributed by atoms with Gasteiger partial charge in [-0.15, -0.1) is 0 Å². The molecular formula is C14H20O4. The van der Waals surface area contributed by atoms with Crippen LogP contribution in [0.4, 0.5) is 0 Å². The molecule has 0 saturated heterocycles. The molecule has 0 aliphatic heterocycles. The molecule has 1 aromatic carbocycles. The number of rotatable bonds is 6. The van der Waals surface area contributed by atoms with Crippen molar-refractivity contribution in [2.75, 3.05) is 6.61 Å². The summed E-state index contributed by atoms with van der Waals surface area (Å²) >= 11 is 0. The molecule has 18 heavy (non-hydrogen) atoms. The fourth-order valence-corrected chi connectivity index (χ4v) is 1.76. The average molecular weight is 252 g/mol. The number of benzene rings is 1. The largest absolute Gasteiger partial charge is 0.507 e. The summed E-state index contributed by atoms with van der Waals surface area (Å²) in [4.78, 5) is 11.6. The predicted molar refractivity (Wildman–Crippen MR) is 69.3 cm³/mol. The molecule has 0 aliphatic rings. The van der Waals surface area contributed by atoms with E-state index in [4.69, 9.17) is 4.74 Å². The Balaban J connectivity index is 3.11. The number of phenols is 1. The van der Waals surface area contributed by atoms with Crippen LogP contribution in [0.3, 0.4) is 0 Å². The lowest BCUT2D eigenvalue weighted by atomic mass is 10.0. The van der Waals surface area contributed by atoms with Crippen molar-refractivity contribution in [3.63, 3.8) is 0 Å². The predicted octanol–water partition coefficient (Wildman–Crippen LogP) is 2.31. The summed E-state index contributed by atoms with van der Waals surface area (Å²) in [6, 6.07) is 3.42. The van der Waals surface area contributed by atoms with E-state index in [9.17, 15) is 15.0 Å². The van der Waals surface area contributed by atoms with Gasteiger partial charge in [0, 0.05) is 0 Å². The Labute approximate surface area is 107 Å². The molecule has 1 rings (SSSR count). The zero-order chi connectivity index (χ0) is 13.7. The molecule has 1 aromatic rings. The molecule has 0 aromatic heterocycles. The van der Waals surface area contributed by atoms with Crippen molar-refractivity contribution in [3.8, 4) is 11.5 Å². The maximum atomic E-state index is 11.6. The van der Waals surface area contributed by atoms with Crippen LogP contribution in [0.2, 0.25) is 0 Å². The third-order valence-corrected chi connectivity index (χ3v) is 2.57. The van der Waals surface area contributed by atoms with Gasteiger partial charge in [0.1, 0.15) is 23.7 Å². The molecule has 0 amide bonds. The molecule has 0 saturated carbocycles. The fraction of sp³-hybridized carbons (Fsp3) is 0.500. The molecule has 0 aliphatic carbocycles. The van der Waals surface area contributed by atoms with Gasteiger partial charge < -0.3 is 14.9 Å². The van der Waals surface area contributed by atoms with E-state index >= 15 is 0 Å². The second-order valence-electron chi connectivity index (χ2n) is 4.41. The van der Waals surface area contributed by atoms with E-state index in [0.717, 1.165) is 12.0 Å². The average Bonchev–Trinajstić information content (AvgIpc) is 2.29. The highest BCUT2D eigenvalue weighted by Gasteiger charge is 2.17. The zero-order valence-electron chi connectivity index (χ0n) is 11.1. The van der Waals surface area contributed by atoms with Crippen molar-refractivity contribution in [2.45, 2.75) is 39.7 Å². The SMILES string of the molecule is CCCc1ccc(OCC(C)O)c(C(C)=O)c1O. The van der Waals surface area contributed by atoms with Crippen LogP contribution in [-0.2, 0) is 6.42 Å². The molecule has 0 spiro atoms. The minimum Gasteiger partial charge on any atom is -0.507 e. The molecule has 2 N–H and O–H groups in total. The number of Topliss-reactive ketones (excluding diaryl/α,β-unsaturated/α-hetero) is 1. The highest BCUT2D eigenvalue weighted by atomic mass is 16.5. The lowest BCUT2D eigenvalue weighted by Gasteiger charge is -2.14. The number of carbonyl (C=O) groups excluding carboxylic acids is 1. The van der Waals surface area contributed by atoms with Crippen molar-refractivity contribution in [1.29, 1.82) is 0 Å². The summed E-state index contributed by atoms with van der Waals surface area (Å²) in [6.07, 6.45) is 0.976. The zero-order valence-corrected chi connectivity index (χ0v) is 11.1. The minimum atomic E-state index is -0.623. The summed E-state index contributed by atoms with van der Waals surface area (Å²) in [7, 11) is 0. The van der Waals surface area contributed by atoms with Crippen molar-refractivity contribution in [1.82, 2.24) is 0 Å². The molecule has 4 nitrogen and oxygen atoms in total. The van der Waals surface area contributed by atoms with E-state index in [0.29, 0.717) is 12.2 Å². The number of aliphatic hydroxyl groups excluding tert-OH is 1.